The lowest BCUT2D eigenvalue weighted by Crippen LogP contribution is -2.58. The molecular formula is C21H39N7O7. The van der Waals surface area contributed by atoms with E-state index >= 15 is 0 Å². The van der Waals surface area contributed by atoms with Crippen molar-refractivity contribution in [3.8, 4) is 0 Å². The Bertz CT molecular complexity index is 760. The topological polar surface area (TPSA) is 235 Å². The predicted octanol–water partition coefficient (Wildman–Crippen LogP) is -3.66. The van der Waals surface area contributed by atoms with E-state index in [0.29, 0.717) is 12.8 Å². The second-order valence-corrected chi connectivity index (χ2v) is 8.27. The zero-order chi connectivity index (χ0) is 27.1. The maximum absolute atomic E-state index is 12.7. The van der Waals surface area contributed by atoms with Crippen LogP contribution in [0.15, 0.2) is 0 Å². The molecule has 5 atom stereocenters. The Morgan fingerprint density at radius 1 is 0.857 bits per heavy atom. The minimum atomic E-state index is -1.33. The Labute approximate surface area is 204 Å². The third-order valence-corrected chi connectivity index (χ3v) is 5.08. The summed E-state index contributed by atoms with van der Waals surface area (Å²) in [5.41, 5.74) is 10.6. The van der Waals surface area contributed by atoms with Crippen LogP contribution in [0.25, 0.3) is 0 Å². The summed E-state index contributed by atoms with van der Waals surface area (Å²) in [6, 6.07) is -4.40. The van der Waals surface area contributed by atoms with Crippen molar-refractivity contribution in [1.29, 1.82) is 0 Å². The van der Waals surface area contributed by atoms with Crippen molar-refractivity contribution in [2.24, 2.45) is 17.4 Å². The van der Waals surface area contributed by atoms with Crippen LogP contribution < -0.4 is 38.1 Å². The van der Waals surface area contributed by atoms with Crippen molar-refractivity contribution in [3.63, 3.8) is 0 Å². The first-order valence-corrected chi connectivity index (χ1v) is 11.4. The van der Waals surface area contributed by atoms with Gasteiger partial charge < -0.3 is 43.2 Å². The molecule has 0 aromatic carbocycles. The van der Waals surface area contributed by atoms with Gasteiger partial charge in [0.15, 0.2) is 0 Å². The van der Waals surface area contributed by atoms with Crippen LogP contribution in [0.4, 0.5) is 0 Å². The number of primary amides is 1. The van der Waals surface area contributed by atoms with E-state index in [1.807, 2.05) is 6.92 Å². The molecule has 0 radical (unpaired) electrons. The van der Waals surface area contributed by atoms with Crippen LogP contribution in [-0.4, -0.2) is 84.4 Å². The first-order valence-electron chi connectivity index (χ1n) is 11.4. The van der Waals surface area contributed by atoms with Crippen LogP contribution in [0.1, 0.15) is 47.0 Å². The van der Waals surface area contributed by atoms with Crippen molar-refractivity contribution in [3.05, 3.63) is 0 Å². The van der Waals surface area contributed by atoms with Gasteiger partial charge in [0.25, 0.3) is 0 Å². The van der Waals surface area contributed by atoms with Gasteiger partial charge in [-0.15, -0.1) is 0 Å². The van der Waals surface area contributed by atoms with Crippen molar-refractivity contribution in [2.45, 2.75) is 71.1 Å². The monoisotopic (exact) mass is 501 g/mol. The maximum atomic E-state index is 12.7. The number of nitrogens with one attached hydrogen (secondary N) is 5. The lowest BCUT2D eigenvalue weighted by Gasteiger charge is -2.26. The van der Waals surface area contributed by atoms with Crippen LogP contribution in [0, 0.1) is 5.92 Å². The standard InChI is InChI=1S/C21H39N7O7/c1-5-11(2)17(21(35)25-10-16(31)24-7-6-8-29)28-19(33)13(4)26-20(34)14(9-15(23)30)27-18(32)12(3)22/h11-14,17,29H,5-10,22H2,1-4H3,(H2,23,30)(H,24,31)(H,25,35)(H,26,34)(H,27,32)(H,28,33)/t11-,12-,13-,14-,17-/m0/s1. The Morgan fingerprint density at radius 2 is 1.49 bits per heavy atom. The van der Waals surface area contributed by atoms with Gasteiger partial charge in [-0.2, -0.15) is 0 Å². The third kappa shape index (κ3) is 12.7. The highest BCUT2D eigenvalue weighted by Crippen LogP contribution is 2.08. The zero-order valence-electron chi connectivity index (χ0n) is 20.7. The van der Waals surface area contributed by atoms with Gasteiger partial charge in [-0.05, 0) is 26.2 Å². The molecule has 0 fully saturated rings. The largest absolute Gasteiger partial charge is 0.396 e. The normalized spacial score (nSPS) is 14.9. The highest BCUT2D eigenvalue weighted by Gasteiger charge is 2.30. The second kappa shape index (κ2) is 16.4. The van der Waals surface area contributed by atoms with Crippen LogP contribution in [-0.2, 0) is 28.8 Å². The fraction of sp³-hybridized carbons (Fsp3) is 0.714. The van der Waals surface area contributed by atoms with Crippen LogP contribution in [0.3, 0.4) is 0 Å². The minimum Gasteiger partial charge on any atom is -0.396 e. The summed E-state index contributed by atoms with van der Waals surface area (Å²) < 4.78 is 0. The van der Waals surface area contributed by atoms with E-state index in [1.165, 1.54) is 13.8 Å². The molecule has 0 aliphatic carbocycles. The predicted molar refractivity (Wildman–Crippen MR) is 126 cm³/mol. The van der Waals surface area contributed by atoms with Crippen molar-refractivity contribution < 1.29 is 33.9 Å². The average Bonchev–Trinajstić information content (AvgIpc) is 2.79. The molecule has 0 saturated carbocycles. The lowest BCUT2D eigenvalue weighted by molar-refractivity contribution is -0.135. The molecule has 0 spiro atoms. The minimum absolute atomic E-state index is 0.0781. The second-order valence-electron chi connectivity index (χ2n) is 8.27. The van der Waals surface area contributed by atoms with Crippen LogP contribution in [0.5, 0.6) is 0 Å². The van der Waals surface area contributed by atoms with E-state index in [-0.39, 0.29) is 25.6 Å². The molecule has 0 saturated heterocycles. The number of carbonyl (C=O) groups excluding carboxylic acids is 6. The van der Waals surface area contributed by atoms with E-state index < -0.39 is 66.0 Å². The number of carbonyl (C=O) groups is 6. The number of hydrogen-bond acceptors (Lipinski definition) is 8. The molecule has 0 aromatic heterocycles. The number of hydrogen-bond donors (Lipinski definition) is 8. The number of rotatable bonds is 16. The molecule has 6 amide bonds. The summed E-state index contributed by atoms with van der Waals surface area (Å²) >= 11 is 0. The highest BCUT2D eigenvalue weighted by molar-refractivity contribution is 5.96. The maximum Gasteiger partial charge on any atom is 0.243 e. The van der Waals surface area contributed by atoms with Crippen molar-refractivity contribution in [1.82, 2.24) is 26.6 Å². The zero-order valence-corrected chi connectivity index (χ0v) is 20.7. The summed E-state index contributed by atoms with van der Waals surface area (Å²) in [4.78, 5) is 72.8. The molecule has 0 bridgehead atoms. The van der Waals surface area contributed by atoms with Gasteiger partial charge in [-0.1, -0.05) is 20.3 Å². The first kappa shape index (κ1) is 31.7. The van der Waals surface area contributed by atoms with Gasteiger partial charge in [0, 0.05) is 13.2 Å². The Balaban J connectivity index is 5.13. The SMILES string of the molecule is CC[C@H](C)[C@H](NC(=O)[C@H](C)NC(=O)[C@H](CC(N)=O)NC(=O)[C@H](C)N)C(=O)NCC(=O)NCCCO. The van der Waals surface area contributed by atoms with Gasteiger partial charge in [-0.3, -0.25) is 28.8 Å². The third-order valence-electron chi connectivity index (χ3n) is 5.08. The highest BCUT2D eigenvalue weighted by atomic mass is 16.3. The summed E-state index contributed by atoms with van der Waals surface area (Å²) in [5, 5.41) is 21.0. The average molecular weight is 502 g/mol. The number of aliphatic hydroxyl groups is 1. The molecule has 0 unspecified atom stereocenters. The molecule has 14 nitrogen and oxygen atoms in total. The molecule has 10 N–H and O–H groups in total. The molecular weight excluding hydrogens is 462 g/mol. The van der Waals surface area contributed by atoms with E-state index in [1.54, 1.807) is 6.92 Å². The molecule has 35 heavy (non-hydrogen) atoms. The van der Waals surface area contributed by atoms with Gasteiger partial charge in [-0.25, -0.2) is 0 Å². The molecule has 0 aliphatic heterocycles. The quantitative estimate of drug-likeness (QED) is 0.0979. The van der Waals surface area contributed by atoms with E-state index in [9.17, 15) is 28.8 Å². The summed E-state index contributed by atoms with van der Waals surface area (Å²) in [7, 11) is 0. The first-order chi connectivity index (χ1) is 16.3. The summed E-state index contributed by atoms with van der Waals surface area (Å²) in [5.74, 6) is -4.38. The Morgan fingerprint density at radius 3 is 2.00 bits per heavy atom. The molecule has 0 rings (SSSR count). The van der Waals surface area contributed by atoms with Gasteiger partial charge in [0.05, 0.1) is 19.0 Å². The van der Waals surface area contributed by atoms with E-state index in [0.717, 1.165) is 0 Å². The lowest BCUT2D eigenvalue weighted by atomic mass is 9.98. The van der Waals surface area contributed by atoms with Crippen molar-refractivity contribution in [2.75, 3.05) is 19.7 Å². The molecule has 0 aromatic rings. The fourth-order valence-corrected chi connectivity index (χ4v) is 2.72. The summed E-state index contributed by atoms with van der Waals surface area (Å²) in [6.07, 6.45) is 0.409. The van der Waals surface area contributed by atoms with Gasteiger partial charge >= 0.3 is 0 Å². The van der Waals surface area contributed by atoms with E-state index in [2.05, 4.69) is 26.6 Å². The Kier molecular flexibility index (Phi) is 14.9. The van der Waals surface area contributed by atoms with Crippen molar-refractivity contribution >= 4 is 35.4 Å². The molecule has 0 heterocycles. The van der Waals surface area contributed by atoms with Gasteiger partial charge in [0.2, 0.25) is 35.4 Å². The number of aliphatic hydroxyl groups excluding tert-OH is 1. The van der Waals surface area contributed by atoms with Gasteiger partial charge in [0.1, 0.15) is 18.1 Å². The molecule has 200 valence electrons. The number of nitrogens with two attached hydrogens (primary N) is 2. The Hall–Kier alpha value is -3.26. The molecule has 14 heteroatoms. The molecule has 0 aliphatic rings. The number of amides is 6. The smallest absolute Gasteiger partial charge is 0.243 e. The van der Waals surface area contributed by atoms with Crippen LogP contribution in [0.2, 0.25) is 0 Å². The van der Waals surface area contributed by atoms with Crippen LogP contribution >= 0.6 is 0 Å². The fourth-order valence-electron chi connectivity index (χ4n) is 2.72. The summed E-state index contributed by atoms with van der Waals surface area (Å²) in [6.45, 7) is 6.18. The van der Waals surface area contributed by atoms with E-state index in [4.69, 9.17) is 16.6 Å².